The Bertz CT molecular complexity index is 457. The largest absolute Gasteiger partial charge is 0.379 e. The number of benzene rings is 1. The predicted octanol–water partition coefficient (Wildman–Crippen LogP) is 2.06. The summed E-state index contributed by atoms with van der Waals surface area (Å²) in [4.78, 5) is 8.00. The molecule has 0 bridgehead atoms. The van der Waals surface area contributed by atoms with Crippen LogP contribution in [0.1, 0.15) is 11.1 Å². The average Bonchev–Trinajstić information content (AvgIpc) is 2.72. The first kappa shape index (κ1) is 9.33. The summed E-state index contributed by atoms with van der Waals surface area (Å²) < 4.78 is 0. The molecule has 3 nitrogen and oxygen atoms in total. The van der Waals surface area contributed by atoms with Crippen molar-refractivity contribution in [3.8, 4) is 0 Å². The summed E-state index contributed by atoms with van der Waals surface area (Å²) >= 11 is 0. The minimum atomic E-state index is 0.475. The smallest absolute Gasteiger partial charge is 0.115 e. The molecule has 0 aliphatic heterocycles. The van der Waals surface area contributed by atoms with Crippen LogP contribution in [0.2, 0.25) is 0 Å². The van der Waals surface area contributed by atoms with Crippen molar-refractivity contribution in [3.63, 3.8) is 0 Å². The third-order valence-corrected chi connectivity index (χ3v) is 2.98. The molecular weight excluding hydrogens is 198 g/mol. The van der Waals surface area contributed by atoms with E-state index in [1.807, 2.05) is 12.4 Å². The molecule has 0 saturated heterocycles. The highest BCUT2D eigenvalue weighted by atomic mass is 15.0. The molecule has 0 unspecified atom stereocenters. The first-order valence-electron chi connectivity index (χ1n) is 5.50. The molecule has 1 aromatic heterocycles. The van der Waals surface area contributed by atoms with Gasteiger partial charge in [-0.1, -0.05) is 24.3 Å². The molecule has 1 aliphatic rings. The summed E-state index contributed by atoms with van der Waals surface area (Å²) in [5.74, 6) is 0. The normalized spacial score (nSPS) is 14.8. The Kier molecular flexibility index (Phi) is 2.29. The van der Waals surface area contributed by atoms with E-state index < -0.39 is 0 Å². The van der Waals surface area contributed by atoms with Crippen LogP contribution in [0.5, 0.6) is 0 Å². The Labute approximate surface area is 94.6 Å². The molecule has 16 heavy (non-hydrogen) atoms. The number of rotatable bonds is 2. The lowest BCUT2D eigenvalue weighted by molar-refractivity contribution is 0.772. The summed E-state index contributed by atoms with van der Waals surface area (Å²) in [6.07, 6.45) is 7.36. The third-order valence-electron chi connectivity index (χ3n) is 2.98. The number of hydrogen-bond acceptors (Lipinski definition) is 3. The number of hydrogen-bond donors (Lipinski definition) is 1. The first-order chi connectivity index (χ1) is 7.92. The molecule has 0 radical (unpaired) electrons. The molecule has 1 N–H and O–H groups in total. The molecule has 1 aromatic carbocycles. The monoisotopic (exact) mass is 211 g/mol. The standard InChI is InChI=1S/C13H13N3/c1-2-4-11-6-12(5-10(11)3-1)16-13-7-14-9-15-8-13/h1-4,7-9,12,16H,5-6H2. The molecule has 0 atom stereocenters. The van der Waals surface area contributed by atoms with Crippen LogP contribution < -0.4 is 5.32 Å². The summed E-state index contributed by atoms with van der Waals surface area (Å²) in [5, 5.41) is 3.46. The van der Waals surface area contributed by atoms with Gasteiger partial charge >= 0.3 is 0 Å². The highest BCUT2D eigenvalue weighted by Crippen LogP contribution is 2.23. The molecule has 0 spiro atoms. The van der Waals surface area contributed by atoms with E-state index in [2.05, 4.69) is 39.6 Å². The van der Waals surface area contributed by atoms with Crippen LogP contribution in [0.3, 0.4) is 0 Å². The number of nitrogens with one attached hydrogen (secondary N) is 1. The van der Waals surface area contributed by atoms with Gasteiger partial charge in [-0.15, -0.1) is 0 Å². The molecule has 0 amide bonds. The molecule has 0 fully saturated rings. The molecule has 1 aliphatic carbocycles. The van der Waals surface area contributed by atoms with Crippen molar-refractivity contribution in [2.45, 2.75) is 18.9 Å². The Hall–Kier alpha value is -1.90. The van der Waals surface area contributed by atoms with E-state index in [9.17, 15) is 0 Å². The van der Waals surface area contributed by atoms with Gasteiger partial charge in [0.15, 0.2) is 0 Å². The predicted molar refractivity (Wildman–Crippen MR) is 63.3 cm³/mol. The van der Waals surface area contributed by atoms with Gasteiger partial charge < -0.3 is 5.32 Å². The van der Waals surface area contributed by atoms with E-state index in [0.29, 0.717) is 6.04 Å². The van der Waals surface area contributed by atoms with Crippen LogP contribution >= 0.6 is 0 Å². The average molecular weight is 211 g/mol. The van der Waals surface area contributed by atoms with Crippen LogP contribution in [0.25, 0.3) is 0 Å². The van der Waals surface area contributed by atoms with Crippen molar-refractivity contribution < 1.29 is 0 Å². The van der Waals surface area contributed by atoms with Crippen LogP contribution in [0, 0.1) is 0 Å². The van der Waals surface area contributed by atoms with Crippen molar-refractivity contribution in [3.05, 3.63) is 54.1 Å². The second-order valence-corrected chi connectivity index (χ2v) is 4.15. The first-order valence-corrected chi connectivity index (χ1v) is 5.50. The lowest BCUT2D eigenvalue weighted by atomic mass is 10.1. The van der Waals surface area contributed by atoms with Gasteiger partial charge in [-0.05, 0) is 24.0 Å². The molecule has 3 heteroatoms. The van der Waals surface area contributed by atoms with E-state index in [0.717, 1.165) is 18.5 Å². The molecule has 0 saturated carbocycles. The van der Waals surface area contributed by atoms with E-state index in [1.54, 1.807) is 6.33 Å². The Morgan fingerprint density at radius 3 is 2.25 bits per heavy atom. The van der Waals surface area contributed by atoms with Gasteiger partial charge in [0.1, 0.15) is 6.33 Å². The van der Waals surface area contributed by atoms with Crippen molar-refractivity contribution in [2.75, 3.05) is 5.32 Å². The number of aromatic nitrogens is 2. The summed E-state index contributed by atoms with van der Waals surface area (Å²) in [6, 6.07) is 9.10. The van der Waals surface area contributed by atoms with Gasteiger partial charge in [0, 0.05) is 6.04 Å². The highest BCUT2D eigenvalue weighted by molar-refractivity contribution is 5.43. The van der Waals surface area contributed by atoms with E-state index in [1.165, 1.54) is 11.1 Å². The van der Waals surface area contributed by atoms with Crippen LogP contribution in [0.4, 0.5) is 5.69 Å². The van der Waals surface area contributed by atoms with Crippen molar-refractivity contribution in [1.29, 1.82) is 0 Å². The zero-order chi connectivity index (χ0) is 10.8. The number of fused-ring (bicyclic) bond motifs is 1. The van der Waals surface area contributed by atoms with Crippen LogP contribution in [0.15, 0.2) is 43.0 Å². The topological polar surface area (TPSA) is 37.8 Å². The second-order valence-electron chi connectivity index (χ2n) is 4.15. The summed E-state index contributed by atoms with van der Waals surface area (Å²) in [6.45, 7) is 0. The Morgan fingerprint density at radius 2 is 1.62 bits per heavy atom. The quantitative estimate of drug-likeness (QED) is 0.826. The summed E-state index contributed by atoms with van der Waals surface area (Å²) in [5.41, 5.74) is 3.91. The van der Waals surface area contributed by atoms with Crippen LogP contribution in [-0.4, -0.2) is 16.0 Å². The van der Waals surface area contributed by atoms with Gasteiger partial charge in [0.25, 0.3) is 0 Å². The van der Waals surface area contributed by atoms with Gasteiger partial charge in [-0.3, -0.25) is 0 Å². The zero-order valence-electron chi connectivity index (χ0n) is 8.93. The van der Waals surface area contributed by atoms with Crippen molar-refractivity contribution in [1.82, 2.24) is 9.97 Å². The minimum Gasteiger partial charge on any atom is -0.379 e. The zero-order valence-corrected chi connectivity index (χ0v) is 8.93. The molecule has 2 aromatic rings. The SMILES string of the molecule is c1ccc2c(c1)CC(Nc1cncnc1)C2. The van der Waals surface area contributed by atoms with Crippen LogP contribution in [-0.2, 0) is 12.8 Å². The maximum atomic E-state index is 4.00. The van der Waals surface area contributed by atoms with Crippen molar-refractivity contribution in [2.24, 2.45) is 0 Å². The lowest BCUT2D eigenvalue weighted by Crippen LogP contribution is -2.19. The van der Waals surface area contributed by atoms with Gasteiger partial charge in [-0.2, -0.15) is 0 Å². The van der Waals surface area contributed by atoms with E-state index >= 15 is 0 Å². The molecule has 1 heterocycles. The molecule has 80 valence electrons. The fourth-order valence-electron chi connectivity index (χ4n) is 2.27. The highest BCUT2D eigenvalue weighted by Gasteiger charge is 2.20. The fraction of sp³-hybridized carbons (Fsp3) is 0.231. The maximum Gasteiger partial charge on any atom is 0.115 e. The molecule has 3 rings (SSSR count). The van der Waals surface area contributed by atoms with Gasteiger partial charge in [-0.25, -0.2) is 9.97 Å². The van der Waals surface area contributed by atoms with E-state index in [4.69, 9.17) is 0 Å². The second kappa shape index (κ2) is 3.93. The van der Waals surface area contributed by atoms with Crippen molar-refractivity contribution >= 4 is 5.69 Å². The van der Waals surface area contributed by atoms with E-state index in [-0.39, 0.29) is 0 Å². The maximum absolute atomic E-state index is 4.00. The number of nitrogens with zero attached hydrogens (tertiary/aromatic N) is 2. The minimum absolute atomic E-state index is 0.475. The summed E-state index contributed by atoms with van der Waals surface area (Å²) in [7, 11) is 0. The lowest BCUT2D eigenvalue weighted by Gasteiger charge is -2.12. The molecular formula is C13H13N3. The number of anilines is 1. The third kappa shape index (κ3) is 1.76. The fourth-order valence-corrected chi connectivity index (χ4v) is 2.27. The Morgan fingerprint density at radius 1 is 1.00 bits per heavy atom. The van der Waals surface area contributed by atoms with Gasteiger partial charge in [0.05, 0.1) is 18.1 Å². The van der Waals surface area contributed by atoms with Gasteiger partial charge in [0.2, 0.25) is 0 Å². The Balaban J connectivity index is 1.73.